The van der Waals surface area contributed by atoms with Crippen molar-refractivity contribution in [2.24, 2.45) is 7.05 Å². The van der Waals surface area contributed by atoms with Gasteiger partial charge in [-0.2, -0.15) is 0 Å². The predicted molar refractivity (Wildman–Crippen MR) is 103 cm³/mol. The molecule has 0 aliphatic rings. The lowest BCUT2D eigenvalue weighted by Gasteiger charge is -2.16. The summed E-state index contributed by atoms with van der Waals surface area (Å²) < 4.78 is 17.8. The maximum atomic E-state index is 14.5. The number of aryl methyl sites for hydroxylation is 1. The molecule has 6 nitrogen and oxygen atoms in total. The van der Waals surface area contributed by atoms with Crippen LogP contribution in [0, 0.1) is 5.82 Å². The number of phenolic OH excluding ortho intramolecular Hbond substituents is 1. The number of aromatic hydroxyl groups is 1. The highest BCUT2D eigenvalue weighted by atomic mass is 19.1. The van der Waals surface area contributed by atoms with Crippen LogP contribution in [0.2, 0.25) is 0 Å². The van der Waals surface area contributed by atoms with Gasteiger partial charge >= 0.3 is 5.97 Å². The van der Waals surface area contributed by atoms with Crippen molar-refractivity contribution in [1.29, 1.82) is 0 Å². The molecule has 0 spiro atoms. The highest BCUT2D eigenvalue weighted by Crippen LogP contribution is 2.28. The first-order valence-corrected chi connectivity index (χ1v) is 8.39. The summed E-state index contributed by atoms with van der Waals surface area (Å²) in [6.45, 7) is 0. The molecule has 4 rings (SSSR count). The maximum absolute atomic E-state index is 14.5. The number of pyridine rings is 1. The molecule has 4 aromatic rings. The molecule has 2 aromatic carbocycles. The predicted octanol–water partition coefficient (Wildman–Crippen LogP) is 3.54. The lowest BCUT2D eigenvalue weighted by Crippen LogP contribution is -2.18. The number of carbonyl (C=O) groups is 1. The lowest BCUT2D eigenvalue weighted by atomic mass is 10.1. The normalized spacial score (nSPS) is 11.1. The summed E-state index contributed by atoms with van der Waals surface area (Å²) in [5, 5.41) is 19.7. The highest BCUT2D eigenvalue weighted by Gasteiger charge is 2.17. The fourth-order valence-corrected chi connectivity index (χ4v) is 3.25. The number of aromatic carboxylic acids is 1. The molecule has 2 heterocycles. The van der Waals surface area contributed by atoms with Gasteiger partial charge in [-0.15, -0.1) is 0 Å². The summed E-state index contributed by atoms with van der Waals surface area (Å²) in [6.07, 6.45) is 3.00. The summed E-state index contributed by atoms with van der Waals surface area (Å²) in [5.41, 5.74) is 0.813. The quantitative estimate of drug-likeness (QED) is 0.571. The molecular formula is C21H15FN2O4. The summed E-state index contributed by atoms with van der Waals surface area (Å²) in [4.78, 5) is 23.7. The smallest absolute Gasteiger partial charge is 0.341 e. The van der Waals surface area contributed by atoms with Gasteiger partial charge in [0.25, 0.3) is 0 Å². The molecule has 0 radical (unpaired) electrons. The van der Waals surface area contributed by atoms with Crippen LogP contribution in [0.15, 0.2) is 65.7 Å². The van der Waals surface area contributed by atoms with Crippen LogP contribution in [-0.2, 0) is 7.05 Å². The largest absolute Gasteiger partial charge is 0.508 e. The van der Waals surface area contributed by atoms with Crippen molar-refractivity contribution in [1.82, 2.24) is 9.13 Å². The van der Waals surface area contributed by atoms with E-state index in [-0.39, 0.29) is 11.4 Å². The van der Waals surface area contributed by atoms with Crippen LogP contribution >= 0.6 is 0 Å². The first-order chi connectivity index (χ1) is 13.3. The van der Waals surface area contributed by atoms with E-state index in [2.05, 4.69) is 0 Å². The molecule has 140 valence electrons. The second kappa shape index (κ2) is 6.38. The van der Waals surface area contributed by atoms with E-state index in [1.54, 1.807) is 6.07 Å². The fraction of sp³-hybridized carbons (Fsp3) is 0.0476. The Morgan fingerprint density at radius 1 is 1.07 bits per heavy atom. The van der Waals surface area contributed by atoms with Gasteiger partial charge in [0.15, 0.2) is 11.2 Å². The van der Waals surface area contributed by atoms with Crippen molar-refractivity contribution < 1.29 is 19.4 Å². The number of hydrogen-bond acceptors (Lipinski definition) is 3. The molecule has 0 saturated heterocycles. The summed E-state index contributed by atoms with van der Waals surface area (Å²) >= 11 is 0. The molecule has 0 amide bonds. The van der Waals surface area contributed by atoms with Gasteiger partial charge in [-0.25, -0.2) is 9.18 Å². The van der Waals surface area contributed by atoms with Gasteiger partial charge in [-0.05, 0) is 35.9 Å². The highest BCUT2D eigenvalue weighted by molar-refractivity contribution is 5.89. The summed E-state index contributed by atoms with van der Waals surface area (Å²) in [5.74, 6) is -2.40. The number of benzene rings is 2. The lowest BCUT2D eigenvalue weighted by molar-refractivity contribution is 0.0695. The third-order valence-corrected chi connectivity index (χ3v) is 4.65. The Hall–Kier alpha value is -3.87. The van der Waals surface area contributed by atoms with E-state index < -0.39 is 22.8 Å². The van der Waals surface area contributed by atoms with Gasteiger partial charge in [-0.1, -0.05) is 6.07 Å². The number of halogens is 1. The molecular weight excluding hydrogens is 363 g/mol. The van der Waals surface area contributed by atoms with Gasteiger partial charge in [0, 0.05) is 42.5 Å². The van der Waals surface area contributed by atoms with E-state index in [9.17, 15) is 24.2 Å². The zero-order valence-corrected chi connectivity index (χ0v) is 14.8. The van der Waals surface area contributed by atoms with E-state index in [0.29, 0.717) is 11.3 Å². The van der Waals surface area contributed by atoms with Gasteiger partial charge in [-0.3, -0.25) is 4.79 Å². The van der Waals surface area contributed by atoms with Crippen LogP contribution in [-0.4, -0.2) is 25.3 Å². The molecule has 28 heavy (non-hydrogen) atoms. The maximum Gasteiger partial charge on any atom is 0.341 e. The molecule has 2 aromatic heterocycles. The SMILES string of the molecule is Cn1ccc2cc(-c3cc(=O)c(C(=O)O)cn3-c3ccc(O)cc3F)ccc21. The number of hydrogen-bond donors (Lipinski definition) is 2. The summed E-state index contributed by atoms with van der Waals surface area (Å²) in [6, 6.07) is 12.1. The molecule has 0 atom stereocenters. The van der Waals surface area contributed by atoms with E-state index in [1.807, 2.05) is 36.0 Å². The van der Waals surface area contributed by atoms with Gasteiger partial charge in [0.05, 0.1) is 11.4 Å². The number of fused-ring (bicyclic) bond motifs is 1. The van der Waals surface area contributed by atoms with Crippen molar-refractivity contribution in [2.45, 2.75) is 0 Å². The molecule has 0 aliphatic carbocycles. The number of nitrogens with zero attached hydrogens (tertiary/aromatic N) is 2. The average molecular weight is 378 g/mol. The van der Waals surface area contributed by atoms with Crippen LogP contribution in [0.3, 0.4) is 0 Å². The average Bonchev–Trinajstić information content (AvgIpc) is 3.02. The molecule has 0 bridgehead atoms. The van der Waals surface area contributed by atoms with E-state index in [1.165, 1.54) is 22.8 Å². The van der Waals surface area contributed by atoms with Crippen molar-refractivity contribution in [2.75, 3.05) is 0 Å². The third kappa shape index (κ3) is 2.83. The minimum atomic E-state index is -1.40. The Balaban J connectivity index is 2.03. The van der Waals surface area contributed by atoms with Crippen molar-refractivity contribution in [3.8, 4) is 22.7 Å². The number of carboxylic acids is 1. The zero-order chi connectivity index (χ0) is 20.0. The molecule has 0 saturated carbocycles. The number of carboxylic acid groups (broad SMARTS) is 1. The van der Waals surface area contributed by atoms with Gasteiger partial charge in [0.2, 0.25) is 0 Å². The molecule has 0 unspecified atom stereocenters. The van der Waals surface area contributed by atoms with Crippen LogP contribution in [0.1, 0.15) is 10.4 Å². The van der Waals surface area contributed by atoms with E-state index >= 15 is 0 Å². The van der Waals surface area contributed by atoms with Crippen LogP contribution < -0.4 is 5.43 Å². The number of rotatable bonds is 3. The Kier molecular flexibility index (Phi) is 4.00. The first kappa shape index (κ1) is 17.5. The number of phenols is 1. The topological polar surface area (TPSA) is 84.5 Å². The molecule has 0 aliphatic heterocycles. The Labute approximate surface area is 158 Å². The zero-order valence-electron chi connectivity index (χ0n) is 14.8. The van der Waals surface area contributed by atoms with Crippen molar-refractivity contribution in [3.05, 3.63) is 82.5 Å². The minimum absolute atomic E-state index is 0.0171. The summed E-state index contributed by atoms with van der Waals surface area (Å²) in [7, 11) is 1.91. The number of aromatic nitrogens is 2. The second-order valence-corrected chi connectivity index (χ2v) is 6.45. The van der Waals surface area contributed by atoms with Crippen molar-refractivity contribution in [3.63, 3.8) is 0 Å². The fourth-order valence-electron chi connectivity index (χ4n) is 3.25. The van der Waals surface area contributed by atoms with Crippen LogP contribution in [0.5, 0.6) is 5.75 Å². The van der Waals surface area contributed by atoms with E-state index in [0.717, 1.165) is 23.2 Å². The van der Waals surface area contributed by atoms with Crippen molar-refractivity contribution >= 4 is 16.9 Å². The minimum Gasteiger partial charge on any atom is -0.508 e. The van der Waals surface area contributed by atoms with Gasteiger partial charge in [0.1, 0.15) is 11.3 Å². The molecule has 0 fully saturated rings. The van der Waals surface area contributed by atoms with Crippen LogP contribution in [0.25, 0.3) is 27.8 Å². The molecule has 7 heteroatoms. The second-order valence-electron chi connectivity index (χ2n) is 6.45. The first-order valence-electron chi connectivity index (χ1n) is 8.39. The van der Waals surface area contributed by atoms with E-state index in [4.69, 9.17) is 0 Å². The van der Waals surface area contributed by atoms with Gasteiger partial charge < -0.3 is 19.3 Å². The Bertz CT molecular complexity index is 1300. The van der Waals surface area contributed by atoms with Crippen LogP contribution in [0.4, 0.5) is 4.39 Å². The monoisotopic (exact) mass is 378 g/mol. The molecule has 2 N–H and O–H groups in total. The third-order valence-electron chi connectivity index (χ3n) is 4.65. The Morgan fingerprint density at radius 3 is 2.57 bits per heavy atom. The Morgan fingerprint density at radius 2 is 1.86 bits per heavy atom. The standard InChI is InChI=1S/C21H15FN2O4/c1-23-7-6-13-8-12(2-4-17(13)23)19-10-20(26)15(21(27)28)11-24(19)18-5-3-14(25)9-16(18)22/h2-11,25H,1H3,(H,27,28).